The van der Waals surface area contributed by atoms with Crippen molar-refractivity contribution in [3.8, 4) is 0 Å². The predicted molar refractivity (Wildman–Crippen MR) is 55.6 cm³/mol. The van der Waals surface area contributed by atoms with Gasteiger partial charge in [-0.2, -0.15) is 0 Å². The summed E-state index contributed by atoms with van der Waals surface area (Å²) in [5.74, 6) is 0.0150. The fraction of sp³-hybridized carbons (Fsp3) is 0.444. The molecule has 1 unspecified atom stereocenters. The maximum Gasteiger partial charge on any atom is 0.233 e. The van der Waals surface area contributed by atoms with E-state index in [0.29, 0.717) is 6.54 Å². The average molecular weight is 245 g/mol. The summed E-state index contributed by atoms with van der Waals surface area (Å²) < 4.78 is 1.99. The lowest BCUT2D eigenvalue weighted by atomic mass is 10.4. The van der Waals surface area contributed by atoms with E-state index in [1.165, 1.54) is 0 Å². The Hall–Kier alpha value is -0.770. The highest BCUT2D eigenvalue weighted by Crippen LogP contribution is 2.00. The summed E-state index contributed by atoms with van der Waals surface area (Å²) in [5, 5.41) is 2.82. The Morgan fingerprint density at radius 1 is 1.77 bits per heavy atom. The van der Waals surface area contributed by atoms with E-state index in [9.17, 15) is 4.79 Å². The maximum absolute atomic E-state index is 11.2. The molecule has 1 aromatic rings. The molecule has 1 amide bonds. The zero-order valence-electron chi connectivity index (χ0n) is 7.75. The lowest BCUT2D eigenvalue weighted by Gasteiger charge is -2.07. The number of aromatic nitrogens is 1. The smallest absolute Gasteiger partial charge is 0.233 e. The molecule has 0 fully saturated rings. The Morgan fingerprint density at radius 3 is 2.92 bits per heavy atom. The number of nitrogens with zero attached hydrogens (tertiary/aromatic N) is 1. The molecule has 0 aliphatic carbocycles. The van der Waals surface area contributed by atoms with Gasteiger partial charge in [-0.05, 0) is 19.1 Å². The first-order valence-electron chi connectivity index (χ1n) is 4.13. The molecule has 0 aromatic carbocycles. The molecule has 0 saturated carbocycles. The highest BCUT2D eigenvalue weighted by molar-refractivity contribution is 9.10. The second-order valence-corrected chi connectivity index (χ2v) is 4.32. The van der Waals surface area contributed by atoms with Crippen LogP contribution in [-0.2, 0) is 18.4 Å². The molecule has 1 N–H and O–H groups in total. The van der Waals surface area contributed by atoms with Crippen molar-refractivity contribution in [2.24, 2.45) is 7.05 Å². The summed E-state index contributed by atoms with van der Waals surface area (Å²) in [7, 11) is 1.96. The summed E-state index contributed by atoms with van der Waals surface area (Å²) in [6.07, 6.45) is 1.96. The van der Waals surface area contributed by atoms with Crippen LogP contribution in [0.2, 0.25) is 0 Å². The van der Waals surface area contributed by atoms with Crippen LogP contribution in [0.25, 0.3) is 0 Å². The molecule has 1 heterocycles. The van der Waals surface area contributed by atoms with Crippen LogP contribution < -0.4 is 5.32 Å². The summed E-state index contributed by atoms with van der Waals surface area (Å²) in [6, 6.07) is 3.94. The molecule has 13 heavy (non-hydrogen) atoms. The maximum atomic E-state index is 11.2. The Morgan fingerprint density at radius 2 is 2.46 bits per heavy atom. The van der Waals surface area contributed by atoms with Crippen molar-refractivity contribution < 1.29 is 4.79 Å². The number of carbonyl (C=O) groups is 1. The van der Waals surface area contributed by atoms with Gasteiger partial charge in [-0.15, -0.1) is 0 Å². The molecule has 0 spiro atoms. The minimum Gasteiger partial charge on any atom is -0.353 e. The van der Waals surface area contributed by atoms with E-state index < -0.39 is 0 Å². The van der Waals surface area contributed by atoms with Crippen LogP contribution in [0, 0.1) is 0 Å². The topological polar surface area (TPSA) is 34.0 Å². The molecule has 0 bridgehead atoms. The third-order valence-electron chi connectivity index (χ3n) is 1.86. The molecule has 1 aromatic heterocycles. The lowest BCUT2D eigenvalue weighted by molar-refractivity contribution is -0.120. The molecular formula is C9H13BrN2O. The first-order valence-corrected chi connectivity index (χ1v) is 5.05. The molecule has 72 valence electrons. The minimum absolute atomic E-state index is 0.0150. The zero-order valence-corrected chi connectivity index (χ0v) is 9.34. The average Bonchev–Trinajstić information content (AvgIpc) is 2.47. The van der Waals surface area contributed by atoms with Crippen molar-refractivity contribution in [2.45, 2.75) is 18.3 Å². The first kappa shape index (κ1) is 10.3. The summed E-state index contributed by atoms with van der Waals surface area (Å²) >= 11 is 3.20. The van der Waals surface area contributed by atoms with Gasteiger partial charge in [-0.1, -0.05) is 15.9 Å². The van der Waals surface area contributed by atoms with Crippen LogP contribution in [0.15, 0.2) is 18.3 Å². The lowest BCUT2D eigenvalue weighted by Crippen LogP contribution is -2.29. The van der Waals surface area contributed by atoms with Gasteiger partial charge in [0.05, 0.1) is 11.4 Å². The number of hydrogen-bond acceptors (Lipinski definition) is 1. The van der Waals surface area contributed by atoms with Crippen LogP contribution in [0.4, 0.5) is 0 Å². The molecule has 1 rings (SSSR count). The Bertz CT molecular complexity index is 294. The largest absolute Gasteiger partial charge is 0.353 e. The van der Waals surface area contributed by atoms with E-state index in [1.807, 2.05) is 29.9 Å². The van der Waals surface area contributed by atoms with Crippen molar-refractivity contribution in [3.05, 3.63) is 24.0 Å². The number of nitrogens with one attached hydrogen (secondary N) is 1. The van der Waals surface area contributed by atoms with Gasteiger partial charge in [-0.3, -0.25) is 4.79 Å². The highest BCUT2D eigenvalue weighted by atomic mass is 79.9. The third kappa shape index (κ3) is 2.88. The van der Waals surface area contributed by atoms with Crippen molar-refractivity contribution in [3.63, 3.8) is 0 Å². The van der Waals surface area contributed by atoms with Crippen LogP contribution in [0.5, 0.6) is 0 Å². The normalized spacial score (nSPS) is 12.5. The summed E-state index contributed by atoms with van der Waals surface area (Å²) in [6.45, 7) is 2.39. The number of aryl methyl sites for hydroxylation is 1. The second kappa shape index (κ2) is 4.46. The van der Waals surface area contributed by atoms with Gasteiger partial charge in [-0.25, -0.2) is 0 Å². The quantitative estimate of drug-likeness (QED) is 0.803. The number of alkyl halides is 1. The molecule has 1 atom stereocenters. The van der Waals surface area contributed by atoms with E-state index >= 15 is 0 Å². The molecule has 0 radical (unpaired) electrons. The number of carbonyl (C=O) groups excluding carboxylic acids is 1. The number of amides is 1. The highest BCUT2D eigenvalue weighted by Gasteiger charge is 2.07. The predicted octanol–water partition coefficient (Wildman–Crippen LogP) is 1.42. The molecule has 3 nitrogen and oxygen atoms in total. The van der Waals surface area contributed by atoms with Gasteiger partial charge in [0.15, 0.2) is 0 Å². The molecule has 0 aliphatic heterocycles. The van der Waals surface area contributed by atoms with E-state index in [2.05, 4.69) is 21.2 Å². The summed E-state index contributed by atoms with van der Waals surface area (Å²) in [5.41, 5.74) is 1.10. The standard InChI is InChI=1S/C9H13BrN2O/c1-7(10)9(13)11-6-8-4-3-5-12(8)2/h3-5,7H,6H2,1-2H3,(H,11,13). The van der Waals surface area contributed by atoms with E-state index in [1.54, 1.807) is 6.92 Å². The Balaban J connectivity index is 2.44. The Labute approximate surface area is 86.3 Å². The van der Waals surface area contributed by atoms with Gasteiger partial charge in [0.25, 0.3) is 0 Å². The van der Waals surface area contributed by atoms with Gasteiger partial charge >= 0.3 is 0 Å². The third-order valence-corrected chi connectivity index (χ3v) is 2.27. The van der Waals surface area contributed by atoms with Crippen LogP contribution in [-0.4, -0.2) is 15.3 Å². The van der Waals surface area contributed by atoms with Gasteiger partial charge in [0.2, 0.25) is 5.91 Å². The van der Waals surface area contributed by atoms with Gasteiger partial charge < -0.3 is 9.88 Å². The SMILES string of the molecule is CC(Br)C(=O)NCc1cccn1C. The van der Waals surface area contributed by atoms with E-state index in [4.69, 9.17) is 0 Å². The fourth-order valence-electron chi connectivity index (χ4n) is 0.998. The Kier molecular flexibility index (Phi) is 3.54. The number of rotatable bonds is 3. The van der Waals surface area contributed by atoms with Crippen molar-refractivity contribution in [1.29, 1.82) is 0 Å². The monoisotopic (exact) mass is 244 g/mol. The molecule has 0 aliphatic rings. The van der Waals surface area contributed by atoms with Crippen molar-refractivity contribution in [1.82, 2.24) is 9.88 Å². The van der Waals surface area contributed by atoms with Gasteiger partial charge in [0, 0.05) is 18.9 Å². The van der Waals surface area contributed by atoms with E-state index in [-0.39, 0.29) is 10.7 Å². The van der Waals surface area contributed by atoms with Crippen molar-refractivity contribution >= 4 is 21.8 Å². The van der Waals surface area contributed by atoms with Crippen molar-refractivity contribution in [2.75, 3.05) is 0 Å². The van der Waals surface area contributed by atoms with E-state index in [0.717, 1.165) is 5.69 Å². The first-order chi connectivity index (χ1) is 6.11. The second-order valence-electron chi connectivity index (χ2n) is 2.94. The zero-order chi connectivity index (χ0) is 9.84. The minimum atomic E-state index is -0.132. The number of halogens is 1. The van der Waals surface area contributed by atoms with Crippen LogP contribution >= 0.6 is 15.9 Å². The van der Waals surface area contributed by atoms with Gasteiger partial charge in [0.1, 0.15) is 0 Å². The molecule has 0 saturated heterocycles. The van der Waals surface area contributed by atoms with Crippen LogP contribution in [0.1, 0.15) is 12.6 Å². The fourth-order valence-corrected chi connectivity index (χ4v) is 1.16. The summed E-state index contributed by atoms with van der Waals surface area (Å²) in [4.78, 5) is 11.1. The van der Waals surface area contributed by atoms with Crippen LogP contribution in [0.3, 0.4) is 0 Å². The number of hydrogen-bond donors (Lipinski definition) is 1. The molecule has 4 heteroatoms. The molecular weight excluding hydrogens is 232 g/mol.